The quantitative estimate of drug-likeness (QED) is 0.699. The summed E-state index contributed by atoms with van der Waals surface area (Å²) in [6.07, 6.45) is 3.30. The van der Waals surface area contributed by atoms with E-state index >= 15 is 0 Å². The molecule has 1 aromatic carbocycles. The molecule has 3 heterocycles. The molecule has 2 aromatic heterocycles. The maximum absolute atomic E-state index is 12.2. The number of carbonyl (C=O) groups excluding carboxylic acids is 1. The molecular weight excluding hydrogens is 382 g/mol. The van der Waals surface area contributed by atoms with E-state index in [0.717, 1.165) is 29.9 Å². The zero-order chi connectivity index (χ0) is 21.1. The van der Waals surface area contributed by atoms with Gasteiger partial charge in [-0.15, -0.1) is 0 Å². The summed E-state index contributed by atoms with van der Waals surface area (Å²) in [6.45, 7) is 2.71. The highest BCUT2D eigenvalue weighted by Crippen LogP contribution is 2.27. The van der Waals surface area contributed by atoms with Crippen LogP contribution in [0, 0.1) is 0 Å². The van der Waals surface area contributed by atoms with Crippen LogP contribution in [0.4, 0.5) is 11.9 Å². The van der Waals surface area contributed by atoms with Gasteiger partial charge >= 0.3 is 0 Å². The van der Waals surface area contributed by atoms with Crippen molar-refractivity contribution >= 4 is 17.8 Å². The van der Waals surface area contributed by atoms with Crippen molar-refractivity contribution in [3.8, 4) is 22.5 Å². The number of carbonyl (C=O) groups is 1. The Balaban J connectivity index is 1.75. The fraction of sp³-hybridized carbons (Fsp3) is 0.286. The third kappa shape index (κ3) is 4.20. The summed E-state index contributed by atoms with van der Waals surface area (Å²) >= 11 is 0. The van der Waals surface area contributed by atoms with Crippen molar-refractivity contribution in [3.05, 3.63) is 48.3 Å². The lowest BCUT2D eigenvalue weighted by Crippen LogP contribution is -2.37. The van der Waals surface area contributed by atoms with Crippen molar-refractivity contribution in [2.45, 2.75) is 0 Å². The number of morpholine rings is 1. The van der Waals surface area contributed by atoms with Gasteiger partial charge in [0.25, 0.3) is 5.91 Å². The average molecular weight is 405 g/mol. The maximum atomic E-state index is 12.2. The molecule has 3 aromatic rings. The smallest absolute Gasteiger partial charge is 0.253 e. The standard InChI is InChI=1S/C21H23N7O2/c1-27(2)19(29)15-5-3-14(4-6-15)17-11-18(16-12-23-20(22)24-13-16)26-21(25-17)28-7-9-30-10-8-28/h3-6,11-13H,7-10H2,1-2H3,(H2,22,23,24). The van der Waals surface area contributed by atoms with Gasteiger partial charge in [-0.25, -0.2) is 19.9 Å². The number of nitrogen functional groups attached to an aromatic ring is 1. The van der Waals surface area contributed by atoms with Gasteiger partial charge in [0, 0.05) is 56.3 Å². The Morgan fingerprint density at radius 3 is 2.20 bits per heavy atom. The molecule has 0 aliphatic carbocycles. The van der Waals surface area contributed by atoms with Crippen molar-refractivity contribution in [1.82, 2.24) is 24.8 Å². The first-order chi connectivity index (χ1) is 14.5. The SMILES string of the molecule is CN(C)C(=O)c1ccc(-c2cc(-c3cnc(N)nc3)nc(N3CCOCC3)n2)cc1. The van der Waals surface area contributed by atoms with E-state index in [0.29, 0.717) is 30.4 Å². The van der Waals surface area contributed by atoms with Gasteiger partial charge in [-0.05, 0) is 18.2 Å². The molecule has 0 radical (unpaired) electrons. The van der Waals surface area contributed by atoms with E-state index in [9.17, 15) is 4.79 Å². The van der Waals surface area contributed by atoms with E-state index in [1.54, 1.807) is 43.5 Å². The number of rotatable bonds is 4. The van der Waals surface area contributed by atoms with Gasteiger partial charge in [0.15, 0.2) is 0 Å². The number of benzene rings is 1. The van der Waals surface area contributed by atoms with Crippen molar-refractivity contribution in [2.75, 3.05) is 51.0 Å². The highest BCUT2D eigenvalue weighted by Gasteiger charge is 2.17. The lowest BCUT2D eigenvalue weighted by atomic mass is 10.1. The van der Waals surface area contributed by atoms with E-state index in [2.05, 4.69) is 14.9 Å². The van der Waals surface area contributed by atoms with Crippen LogP contribution in [-0.2, 0) is 4.74 Å². The fourth-order valence-electron chi connectivity index (χ4n) is 3.15. The van der Waals surface area contributed by atoms with Gasteiger partial charge < -0.3 is 20.3 Å². The predicted molar refractivity (Wildman–Crippen MR) is 114 cm³/mol. The molecule has 9 nitrogen and oxygen atoms in total. The molecule has 0 saturated carbocycles. The van der Waals surface area contributed by atoms with E-state index in [-0.39, 0.29) is 11.9 Å². The summed E-state index contributed by atoms with van der Waals surface area (Å²) in [7, 11) is 3.46. The zero-order valence-electron chi connectivity index (χ0n) is 16.9. The first-order valence-electron chi connectivity index (χ1n) is 9.63. The molecule has 0 bridgehead atoms. The fourth-order valence-corrected chi connectivity index (χ4v) is 3.15. The molecule has 0 spiro atoms. The van der Waals surface area contributed by atoms with Gasteiger partial charge in [-0.2, -0.15) is 0 Å². The normalized spacial score (nSPS) is 13.9. The molecule has 9 heteroatoms. The molecule has 1 saturated heterocycles. The molecule has 2 N–H and O–H groups in total. The summed E-state index contributed by atoms with van der Waals surface area (Å²) in [4.78, 5) is 33.5. The molecule has 154 valence electrons. The summed E-state index contributed by atoms with van der Waals surface area (Å²) < 4.78 is 5.45. The minimum Gasteiger partial charge on any atom is -0.378 e. The summed E-state index contributed by atoms with van der Waals surface area (Å²) in [5.74, 6) is 0.789. The van der Waals surface area contributed by atoms with Crippen molar-refractivity contribution in [2.24, 2.45) is 0 Å². The number of amides is 1. The number of hydrogen-bond donors (Lipinski definition) is 1. The Hall–Kier alpha value is -3.59. The van der Waals surface area contributed by atoms with Gasteiger partial charge in [0.1, 0.15) is 0 Å². The highest BCUT2D eigenvalue weighted by molar-refractivity contribution is 5.94. The zero-order valence-corrected chi connectivity index (χ0v) is 16.9. The number of hydrogen-bond acceptors (Lipinski definition) is 8. The third-order valence-electron chi connectivity index (χ3n) is 4.81. The number of anilines is 2. The van der Waals surface area contributed by atoms with Crippen molar-refractivity contribution in [1.29, 1.82) is 0 Å². The maximum Gasteiger partial charge on any atom is 0.253 e. The molecule has 4 rings (SSSR count). The average Bonchev–Trinajstić information content (AvgIpc) is 2.79. The topological polar surface area (TPSA) is 110 Å². The van der Waals surface area contributed by atoms with Crippen LogP contribution < -0.4 is 10.6 Å². The van der Waals surface area contributed by atoms with Crippen molar-refractivity contribution < 1.29 is 9.53 Å². The van der Waals surface area contributed by atoms with E-state index in [1.165, 1.54) is 0 Å². The second-order valence-electron chi connectivity index (χ2n) is 7.14. The third-order valence-corrected chi connectivity index (χ3v) is 4.81. The Labute approximate surface area is 174 Å². The predicted octanol–water partition coefficient (Wildman–Crippen LogP) is 1.72. The second-order valence-corrected chi connectivity index (χ2v) is 7.14. The van der Waals surface area contributed by atoms with Crippen LogP contribution in [0.1, 0.15) is 10.4 Å². The van der Waals surface area contributed by atoms with Crippen LogP contribution in [0.5, 0.6) is 0 Å². The molecule has 1 aliphatic rings. The minimum atomic E-state index is -0.0436. The summed E-state index contributed by atoms with van der Waals surface area (Å²) in [5, 5.41) is 0. The summed E-state index contributed by atoms with van der Waals surface area (Å²) in [5.41, 5.74) is 9.34. The summed E-state index contributed by atoms with van der Waals surface area (Å²) in [6, 6.07) is 9.29. The van der Waals surface area contributed by atoms with E-state index in [4.69, 9.17) is 20.4 Å². The molecule has 1 aliphatic heterocycles. The van der Waals surface area contributed by atoms with Gasteiger partial charge in [0.05, 0.1) is 24.6 Å². The molecule has 1 fully saturated rings. The minimum absolute atomic E-state index is 0.0436. The Morgan fingerprint density at radius 2 is 1.60 bits per heavy atom. The van der Waals surface area contributed by atoms with Crippen LogP contribution in [0.25, 0.3) is 22.5 Å². The van der Waals surface area contributed by atoms with Gasteiger partial charge in [0.2, 0.25) is 11.9 Å². The largest absolute Gasteiger partial charge is 0.378 e. The number of ether oxygens (including phenoxy) is 1. The lowest BCUT2D eigenvalue weighted by molar-refractivity contribution is 0.0827. The number of nitrogens with zero attached hydrogens (tertiary/aromatic N) is 6. The van der Waals surface area contributed by atoms with E-state index in [1.807, 2.05) is 18.2 Å². The van der Waals surface area contributed by atoms with Crippen LogP contribution in [0.3, 0.4) is 0 Å². The van der Waals surface area contributed by atoms with Crippen LogP contribution in [0.2, 0.25) is 0 Å². The van der Waals surface area contributed by atoms with Gasteiger partial charge in [-0.3, -0.25) is 4.79 Å². The lowest BCUT2D eigenvalue weighted by Gasteiger charge is -2.27. The second kappa shape index (κ2) is 8.42. The number of aromatic nitrogens is 4. The first kappa shape index (κ1) is 19.7. The molecule has 0 atom stereocenters. The Kier molecular flexibility index (Phi) is 5.53. The van der Waals surface area contributed by atoms with Crippen LogP contribution >= 0.6 is 0 Å². The number of nitrogens with two attached hydrogens (primary N) is 1. The van der Waals surface area contributed by atoms with E-state index < -0.39 is 0 Å². The highest BCUT2D eigenvalue weighted by atomic mass is 16.5. The van der Waals surface area contributed by atoms with Crippen LogP contribution in [-0.4, -0.2) is 71.1 Å². The molecule has 30 heavy (non-hydrogen) atoms. The van der Waals surface area contributed by atoms with Crippen LogP contribution in [0.15, 0.2) is 42.7 Å². The molecule has 0 unspecified atom stereocenters. The van der Waals surface area contributed by atoms with Gasteiger partial charge in [-0.1, -0.05) is 12.1 Å². The molecule has 1 amide bonds. The first-order valence-corrected chi connectivity index (χ1v) is 9.63. The Bertz CT molecular complexity index is 1030. The Morgan fingerprint density at radius 1 is 1.00 bits per heavy atom. The molecular formula is C21H23N7O2. The monoisotopic (exact) mass is 405 g/mol. The van der Waals surface area contributed by atoms with Crippen molar-refractivity contribution in [3.63, 3.8) is 0 Å².